The zero-order valence-corrected chi connectivity index (χ0v) is 13.6. The molecule has 1 N–H and O–H groups in total. The average molecular weight is 321 g/mol. The van der Waals surface area contributed by atoms with Gasteiger partial charge in [0, 0.05) is 38.6 Å². The molecular weight excluding hydrogens is 298 g/mol. The first-order chi connectivity index (χ1) is 10.7. The van der Waals surface area contributed by atoms with Crippen molar-refractivity contribution in [1.82, 2.24) is 15.1 Å². The topological polar surface area (TPSA) is 52.7 Å². The van der Waals surface area contributed by atoms with E-state index in [2.05, 4.69) is 5.32 Å². The number of amides is 2. The summed E-state index contributed by atoms with van der Waals surface area (Å²) in [5.41, 5.74) is 0. The van der Waals surface area contributed by atoms with Crippen molar-refractivity contribution in [3.8, 4) is 0 Å². The van der Waals surface area contributed by atoms with Crippen LogP contribution in [-0.4, -0.2) is 60.4 Å². The number of hydrogen-bond donors (Lipinski definition) is 1. The van der Waals surface area contributed by atoms with Gasteiger partial charge < -0.3 is 15.1 Å². The minimum atomic E-state index is 0.0947. The van der Waals surface area contributed by atoms with Gasteiger partial charge in [-0.05, 0) is 37.3 Å². The van der Waals surface area contributed by atoms with Gasteiger partial charge in [0.05, 0.1) is 4.88 Å². The fraction of sp³-hybridized carbons (Fsp3) is 0.625. The number of hydrogen-bond acceptors (Lipinski definition) is 4. The Morgan fingerprint density at radius 3 is 2.64 bits per heavy atom. The molecule has 6 heteroatoms. The molecule has 120 valence electrons. The van der Waals surface area contributed by atoms with Crippen LogP contribution in [0.4, 0.5) is 0 Å². The Morgan fingerprint density at radius 2 is 2.00 bits per heavy atom. The second-order valence-corrected chi connectivity index (χ2v) is 6.93. The number of nitrogens with one attached hydrogen (secondary N) is 1. The van der Waals surface area contributed by atoms with E-state index >= 15 is 0 Å². The van der Waals surface area contributed by atoms with E-state index in [0.29, 0.717) is 38.6 Å². The summed E-state index contributed by atoms with van der Waals surface area (Å²) in [5, 5.41) is 5.35. The third-order valence-electron chi connectivity index (χ3n) is 4.52. The largest absolute Gasteiger partial charge is 0.339 e. The lowest BCUT2D eigenvalue weighted by atomic mass is 10.1. The summed E-state index contributed by atoms with van der Waals surface area (Å²) in [6, 6.07) is 4.28. The van der Waals surface area contributed by atoms with E-state index in [1.807, 2.05) is 27.3 Å². The van der Waals surface area contributed by atoms with Crippen molar-refractivity contribution in [3.05, 3.63) is 22.4 Å². The highest BCUT2D eigenvalue weighted by molar-refractivity contribution is 7.12. The van der Waals surface area contributed by atoms with Crippen LogP contribution in [0.5, 0.6) is 0 Å². The molecule has 5 nitrogen and oxygen atoms in total. The van der Waals surface area contributed by atoms with Crippen LogP contribution in [0.3, 0.4) is 0 Å². The van der Waals surface area contributed by atoms with Crippen LogP contribution in [0.15, 0.2) is 17.5 Å². The smallest absolute Gasteiger partial charge is 0.264 e. The summed E-state index contributed by atoms with van der Waals surface area (Å²) in [6.07, 6.45) is 3.97. The van der Waals surface area contributed by atoms with E-state index < -0.39 is 0 Å². The molecule has 3 rings (SSSR count). The Hall–Kier alpha value is -1.40. The van der Waals surface area contributed by atoms with Gasteiger partial charge in [-0.2, -0.15) is 0 Å². The molecule has 0 aliphatic carbocycles. The molecule has 2 fully saturated rings. The van der Waals surface area contributed by atoms with Crippen molar-refractivity contribution >= 4 is 23.2 Å². The molecule has 2 aliphatic rings. The molecule has 2 aliphatic heterocycles. The Bertz CT molecular complexity index is 503. The number of piperazine rings is 1. The maximum absolute atomic E-state index is 12.3. The summed E-state index contributed by atoms with van der Waals surface area (Å²) < 4.78 is 0. The quantitative estimate of drug-likeness (QED) is 0.916. The fourth-order valence-corrected chi connectivity index (χ4v) is 3.86. The maximum atomic E-state index is 12.3. The van der Waals surface area contributed by atoms with Crippen molar-refractivity contribution in [1.29, 1.82) is 0 Å². The van der Waals surface area contributed by atoms with E-state index in [1.54, 1.807) is 0 Å². The number of thiophene rings is 1. The first-order valence-electron chi connectivity index (χ1n) is 8.08. The molecular formula is C16H23N3O2S. The van der Waals surface area contributed by atoms with Gasteiger partial charge in [-0.15, -0.1) is 11.3 Å². The average Bonchev–Trinajstić information content (AvgIpc) is 3.25. The molecule has 1 aromatic rings. The molecule has 0 spiro atoms. The van der Waals surface area contributed by atoms with Crippen LogP contribution in [-0.2, 0) is 4.79 Å². The third-order valence-corrected chi connectivity index (χ3v) is 5.38. The van der Waals surface area contributed by atoms with Crippen LogP contribution >= 0.6 is 11.3 Å². The lowest BCUT2D eigenvalue weighted by Crippen LogP contribution is -2.50. The third kappa shape index (κ3) is 3.67. The van der Waals surface area contributed by atoms with Gasteiger partial charge in [-0.3, -0.25) is 9.59 Å². The molecule has 1 aromatic heterocycles. The van der Waals surface area contributed by atoms with E-state index in [0.717, 1.165) is 17.8 Å². The molecule has 2 saturated heterocycles. The number of carbonyl (C=O) groups is 2. The Morgan fingerprint density at radius 1 is 1.23 bits per heavy atom. The fourth-order valence-electron chi connectivity index (χ4n) is 3.17. The van der Waals surface area contributed by atoms with Gasteiger partial charge in [-0.1, -0.05) is 6.07 Å². The van der Waals surface area contributed by atoms with Crippen molar-refractivity contribution in [2.45, 2.75) is 31.7 Å². The summed E-state index contributed by atoms with van der Waals surface area (Å²) in [5.74, 6) is 0.328. The molecule has 2 amide bonds. The van der Waals surface area contributed by atoms with Crippen LogP contribution < -0.4 is 5.32 Å². The van der Waals surface area contributed by atoms with E-state index in [-0.39, 0.29) is 11.8 Å². The highest BCUT2D eigenvalue weighted by atomic mass is 32.1. The molecule has 1 atom stereocenters. The molecule has 0 bridgehead atoms. The SMILES string of the molecule is O=C(CCC1CCCN1)N1CCN(C(=O)c2cccs2)CC1. The van der Waals surface area contributed by atoms with Gasteiger partial charge in [-0.25, -0.2) is 0 Å². The predicted molar refractivity (Wildman–Crippen MR) is 87.1 cm³/mol. The van der Waals surface area contributed by atoms with Crippen LogP contribution in [0, 0.1) is 0 Å². The molecule has 0 saturated carbocycles. The Kier molecular flexibility index (Phi) is 5.10. The van der Waals surface area contributed by atoms with Crippen molar-refractivity contribution < 1.29 is 9.59 Å². The molecule has 22 heavy (non-hydrogen) atoms. The second-order valence-electron chi connectivity index (χ2n) is 5.98. The zero-order chi connectivity index (χ0) is 15.4. The van der Waals surface area contributed by atoms with Gasteiger partial charge in [0.15, 0.2) is 0 Å². The van der Waals surface area contributed by atoms with Crippen molar-refractivity contribution in [2.24, 2.45) is 0 Å². The van der Waals surface area contributed by atoms with Gasteiger partial charge in [0.2, 0.25) is 5.91 Å². The van der Waals surface area contributed by atoms with Crippen molar-refractivity contribution in [3.63, 3.8) is 0 Å². The minimum absolute atomic E-state index is 0.0947. The second kappa shape index (κ2) is 7.24. The van der Waals surface area contributed by atoms with E-state index in [9.17, 15) is 9.59 Å². The highest BCUT2D eigenvalue weighted by Crippen LogP contribution is 2.15. The summed E-state index contributed by atoms with van der Waals surface area (Å²) >= 11 is 1.48. The van der Waals surface area contributed by atoms with E-state index in [4.69, 9.17) is 0 Å². The van der Waals surface area contributed by atoms with Gasteiger partial charge >= 0.3 is 0 Å². The zero-order valence-electron chi connectivity index (χ0n) is 12.8. The monoisotopic (exact) mass is 321 g/mol. The number of carbonyl (C=O) groups excluding carboxylic acids is 2. The summed E-state index contributed by atoms with van der Waals surface area (Å²) in [6.45, 7) is 3.69. The normalized spacial score (nSPS) is 22.1. The highest BCUT2D eigenvalue weighted by Gasteiger charge is 2.25. The first-order valence-corrected chi connectivity index (χ1v) is 8.96. The number of nitrogens with zero attached hydrogens (tertiary/aromatic N) is 2. The molecule has 1 unspecified atom stereocenters. The molecule has 0 aromatic carbocycles. The lowest BCUT2D eigenvalue weighted by Gasteiger charge is -2.34. The van der Waals surface area contributed by atoms with Gasteiger partial charge in [0.25, 0.3) is 5.91 Å². The Labute approximate surface area is 135 Å². The predicted octanol–water partition coefficient (Wildman–Crippen LogP) is 1.56. The Balaban J connectivity index is 1.42. The molecule has 0 radical (unpaired) electrons. The van der Waals surface area contributed by atoms with Crippen LogP contribution in [0.2, 0.25) is 0 Å². The van der Waals surface area contributed by atoms with Gasteiger partial charge in [0.1, 0.15) is 0 Å². The maximum Gasteiger partial charge on any atom is 0.264 e. The minimum Gasteiger partial charge on any atom is -0.339 e. The lowest BCUT2D eigenvalue weighted by molar-refractivity contribution is -0.132. The standard InChI is InChI=1S/C16H23N3O2S/c20-15(6-5-13-3-1-7-17-13)18-8-10-19(11-9-18)16(21)14-4-2-12-22-14/h2,4,12-13,17H,1,3,5-11H2. The van der Waals surface area contributed by atoms with Crippen molar-refractivity contribution in [2.75, 3.05) is 32.7 Å². The summed E-state index contributed by atoms with van der Waals surface area (Å²) in [7, 11) is 0. The van der Waals surface area contributed by atoms with Crippen LogP contribution in [0.1, 0.15) is 35.4 Å². The summed E-state index contributed by atoms with van der Waals surface area (Å²) in [4.78, 5) is 29.1. The molecule has 3 heterocycles. The van der Waals surface area contributed by atoms with E-state index in [1.165, 1.54) is 24.2 Å². The first kappa shape index (κ1) is 15.5. The number of rotatable bonds is 4. The van der Waals surface area contributed by atoms with Crippen LogP contribution in [0.25, 0.3) is 0 Å².